The number of hydrogen-bond acceptors (Lipinski definition) is 3. The first-order valence-electron chi connectivity index (χ1n) is 8.01. The summed E-state index contributed by atoms with van der Waals surface area (Å²) in [4.78, 5) is 24.0. The monoisotopic (exact) mass is 303 g/mol. The second kappa shape index (κ2) is 7.43. The lowest BCUT2D eigenvalue weighted by Gasteiger charge is -2.17. The van der Waals surface area contributed by atoms with Gasteiger partial charge in [-0.1, -0.05) is 31.0 Å². The lowest BCUT2D eigenvalue weighted by atomic mass is 10.0. The average Bonchev–Trinajstić information content (AvgIpc) is 2.95. The van der Waals surface area contributed by atoms with Crippen molar-refractivity contribution >= 4 is 11.9 Å². The molecular weight excluding hydrogens is 278 g/mol. The number of aryl methyl sites for hydroxylation is 2. The predicted molar refractivity (Wildman–Crippen MR) is 85.6 cm³/mol. The predicted octanol–water partition coefficient (Wildman–Crippen LogP) is 2.84. The zero-order valence-corrected chi connectivity index (χ0v) is 13.6. The molecule has 22 heavy (non-hydrogen) atoms. The van der Waals surface area contributed by atoms with Gasteiger partial charge in [0, 0.05) is 6.04 Å². The summed E-state index contributed by atoms with van der Waals surface area (Å²) in [6, 6.07) is 6.15. The van der Waals surface area contributed by atoms with E-state index >= 15 is 0 Å². The van der Waals surface area contributed by atoms with Crippen LogP contribution in [0.5, 0.6) is 0 Å². The van der Waals surface area contributed by atoms with E-state index in [0.717, 1.165) is 36.8 Å². The summed E-state index contributed by atoms with van der Waals surface area (Å²) in [5.41, 5.74) is 3.26. The molecule has 0 unspecified atom stereocenters. The highest BCUT2D eigenvalue weighted by Gasteiger charge is 2.23. The first kappa shape index (κ1) is 16.5. The van der Waals surface area contributed by atoms with Gasteiger partial charge in [0.2, 0.25) is 0 Å². The molecule has 1 aromatic rings. The summed E-state index contributed by atoms with van der Waals surface area (Å²) in [7, 11) is 0. The van der Waals surface area contributed by atoms with Crippen molar-refractivity contribution in [3.8, 4) is 0 Å². The average molecular weight is 303 g/mol. The fourth-order valence-corrected chi connectivity index (χ4v) is 2.76. The highest BCUT2D eigenvalue weighted by Crippen LogP contribution is 2.18. The third-order valence-electron chi connectivity index (χ3n) is 4.30. The van der Waals surface area contributed by atoms with Gasteiger partial charge in [-0.3, -0.25) is 9.59 Å². The van der Waals surface area contributed by atoms with Crippen LogP contribution in [0.25, 0.3) is 0 Å². The van der Waals surface area contributed by atoms with Crippen LogP contribution in [0.2, 0.25) is 0 Å². The maximum absolute atomic E-state index is 12.0. The van der Waals surface area contributed by atoms with Crippen molar-refractivity contribution in [1.29, 1.82) is 0 Å². The topological polar surface area (TPSA) is 55.4 Å². The maximum atomic E-state index is 12.0. The summed E-state index contributed by atoms with van der Waals surface area (Å²) >= 11 is 0. The summed E-state index contributed by atoms with van der Waals surface area (Å²) in [5, 5.41) is 2.95. The molecule has 1 atom stereocenters. The maximum Gasteiger partial charge on any atom is 0.311 e. The van der Waals surface area contributed by atoms with Crippen LogP contribution < -0.4 is 5.32 Å². The van der Waals surface area contributed by atoms with Crippen LogP contribution in [0, 0.1) is 13.8 Å². The van der Waals surface area contributed by atoms with E-state index < -0.39 is 6.10 Å². The molecule has 1 saturated carbocycles. The fourth-order valence-electron chi connectivity index (χ4n) is 2.76. The van der Waals surface area contributed by atoms with Crippen LogP contribution in [0.3, 0.4) is 0 Å². The molecule has 0 spiro atoms. The van der Waals surface area contributed by atoms with Crippen LogP contribution >= 0.6 is 0 Å². The van der Waals surface area contributed by atoms with Crippen molar-refractivity contribution in [3.63, 3.8) is 0 Å². The van der Waals surface area contributed by atoms with E-state index in [2.05, 4.69) is 5.32 Å². The van der Waals surface area contributed by atoms with Crippen LogP contribution in [0.15, 0.2) is 18.2 Å². The first-order chi connectivity index (χ1) is 10.5. The lowest BCUT2D eigenvalue weighted by Crippen LogP contribution is -2.41. The number of esters is 1. The zero-order chi connectivity index (χ0) is 16.1. The van der Waals surface area contributed by atoms with E-state index in [9.17, 15) is 9.59 Å². The van der Waals surface area contributed by atoms with E-state index in [-0.39, 0.29) is 24.3 Å². The Kier molecular flexibility index (Phi) is 5.58. The number of nitrogens with one attached hydrogen (secondary N) is 1. The van der Waals surface area contributed by atoms with Crippen LogP contribution in [-0.2, 0) is 20.7 Å². The summed E-state index contributed by atoms with van der Waals surface area (Å²) in [6.07, 6.45) is 3.82. The fraction of sp³-hybridized carbons (Fsp3) is 0.556. The molecule has 0 bridgehead atoms. The van der Waals surface area contributed by atoms with E-state index in [1.54, 1.807) is 6.92 Å². The molecule has 4 heteroatoms. The van der Waals surface area contributed by atoms with Crippen molar-refractivity contribution in [1.82, 2.24) is 5.32 Å². The Labute approximate surface area is 132 Å². The van der Waals surface area contributed by atoms with Crippen LogP contribution in [0.1, 0.15) is 49.3 Å². The quantitative estimate of drug-likeness (QED) is 0.851. The SMILES string of the molecule is Cc1ccc(CC(=O)O[C@@H](C)C(=O)NC2CCCC2)cc1C. The Bertz CT molecular complexity index is 547. The Hall–Kier alpha value is -1.84. The normalized spacial score (nSPS) is 16.3. The van der Waals surface area contributed by atoms with E-state index in [1.807, 2.05) is 32.0 Å². The zero-order valence-electron chi connectivity index (χ0n) is 13.6. The minimum atomic E-state index is -0.736. The minimum absolute atomic E-state index is 0.194. The number of carbonyl (C=O) groups is 2. The molecule has 1 aromatic carbocycles. The smallest absolute Gasteiger partial charge is 0.311 e. The number of hydrogen-bond donors (Lipinski definition) is 1. The largest absolute Gasteiger partial charge is 0.452 e. The van der Waals surface area contributed by atoms with E-state index in [4.69, 9.17) is 4.74 Å². The molecule has 1 fully saturated rings. The molecule has 1 amide bonds. The van der Waals surface area contributed by atoms with Crippen molar-refractivity contribution in [2.75, 3.05) is 0 Å². The van der Waals surface area contributed by atoms with Gasteiger partial charge in [-0.25, -0.2) is 0 Å². The summed E-state index contributed by atoms with van der Waals surface area (Å²) < 4.78 is 5.25. The molecule has 120 valence electrons. The molecule has 1 aliphatic carbocycles. The Morgan fingerprint density at radius 3 is 2.55 bits per heavy atom. The molecule has 0 aliphatic heterocycles. The number of ether oxygens (including phenoxy) is 1. The van der Waals surface area contributed by atoms with Gasteiger partial charge in [-0.2, -0.15) is 0 Å². The van der Waals surface area contributed by atoms with Crippen molar-refractivity contribution < 1.29 is 14.3 Å². The van der Waals surface area contributed by atoms with E-state index in [0.29, 0.717) is 0 Å². The lowest BCUT2D eigenvalue weighted by molar-refractivity contribution is -0.154. The molecule has 0 heterocycles. The third-order valence-corrected chi connectivity index (χ3v) is 4.30. The van der Waals surface area contributed by atoms with Crippen LogP contribution in [0.4, 0.5) is 0 Å². The number of benzene rings is 1. The molecule has 0 aromatic heterocycles. The van der Waals surface area contributed by atoms with Gasteiger partial charge in [0.1, 0.15) is 0 Å². The molecule has 4 nitrogen and oxygen atoms in total. The highest BCUT2D eigenvalue weighted by molar-refractivity contribution is 5.84. The first-order valence-corrected chi connectivity index (χ1v) is 8.01. The Morgan fingerprint density at radius 2 is 1.91 bits per heavy atom. The Morgan fingerprint density at radius 1 is 1.23 bits per heavy atom. The van der Waals surface area contributed by atoms with Crippen molar-refractivity contribution in [3.05, 3.63) is 34.9 Å². The number of carbonyl (C=O) groups excluding carboxylic acids is 2. The summed E-state index contributed by atoms with van der Waals surface area (Å²) in [6.45, 7) is 5.68. The minimum Gasteiger partial charge on any atom is -0.452 e. The van der Waals surface area contributed by atoms with Gasteiger partial charge in [0.05, 0.1) is 6.42 Å². The number of rotatable bonds is 5. The van der Waals surface area contributed by atoms with Crippen molar-refractivity contribution in [2.45, 2.75) is 65.0 Å². The van der Waals surface area contributed by atoms with Gasteiger partial charge in [-0.15, -0.1) is 0 Å². The van der Waals surface area contributed by atoms with Crippen LogP contribution in [-0.4, -0.2) is 24.0 Å². The summed E-state index contributed by atoms with van der Waals surface area (Å²) in [5.74, 6) is -0.558. The molecule has 0 saturated heterocycles. The standard InChI is InChI=1S/C18H25NO3/c1-12-8-9-15(10-13(12)2)11-17(20)22-14(3)18(21)19-16-6-4-5-7-16/h8-10,14,16H,4-7,11H2,1-3H3,(H,19,21)/t14-/m0/s1. The number of amides is 1. The second-order valence-corrected chi connectivity index (χ2v) is 6.22. The molecule has 1 aliphatic rings. The van der Waals surface area contributed by atoms with Gasteiger partial charge >= 0.3 is 5.97 Å². The van der Waals surface area contributed by atoms with Gasteiger partial charge in [0.15, 0.2) is 6.10 Å². The van der Waals surface area contributed by atoms with Crippen molar-refractivity contribution in [2.24, 2.45) is 0 Å². The van der Waals surface area contributed by atoms with Gasteiger partial charge < -0.3 is 10.1 Å². The van der Waals surface area contributed by atoms with Gasteiger partial charge in [0.25, 0.3) is 5.91 Å². The molecule has 1 N–H and O–H groups in total. The molecule has 2 rings (SSSR count). The molecule has 0 radical (unpaired) electrons. The third kappa shape index (κ3) is 4.58. The second-order valence-electron chi connectivity index (χ2n) is 6.22. The Balaban J connectivity index is 1.82. The molecular formula is C18H25NO3. The van der Waals surface area contributed by atoms with E-state index in [1.165, 1.54) is 5.56 Å². The highest BCUT2D eigenvalue weighted by atomic mass is 16.5. The van der Waals surface area contributed by atoms with Gasteiger partial charge in [-0.05, 0) is 50.3 Å².